The number of hydrogen-bond donors (Lipinski definition) is 1. The van der Waals surface area contributed by atoms with Gasteiger partial charge in [0.05, 0.1) is 12.6 Å². The normalized spacial score (nSPS) is 17.9. The quantitative estimate of drug-likeness (QED) is 0.739. The van der Waals surface area contributed by atoms with E-state index in [1.165, 1.54) is 12.8 Å². The minimum atomic E-state index is -0.919. The van der Waals surface area contributed by atoms with Crippen molar-refractivity contribution in [1.29, 1.82) is 0 Å². The third kappa shape index (κ3) is 5.03. The molecule has 19 heavy (non-hydrogen) atoms. The van der Waals surface area contributed by atoms with Gasteiger partial charge in [-0.1, -0.05) is 18.9 Å². The maximum atomic E-state index is 12.4. The summed E-state index contributed by atoms with van der Waals surface area (Å²) < 4.78 is 0. The van der Waals surface area contributed by atoms with Gasteiger partial charge in [-0.05, 0) is 19.8 Å². The topological polar surface area (TPSA) is 60.9 Å². The van der Waals surface area contributed by atoms with E-state index in [-0.39, 0.29) is 12.5 Å². The van der Waals surface area contributed by atoms with Gasteiger partial charge in [0.1, 0.15) is 0 Å². The highest BCUT2D eigenvalue weighted by atomic mass is 16.4. The lowest BCUT2D eigenvalue weighted by Crippen LogP contribution is -2.49. The predicted molar refractivity (Wildman–Crippen MR) is 73.9 cm³/mol. The van der Waals surface area contributed by atoms with Gasteiger partial charge in [0, 0.05) is 19.6 Å². The van der Waals surface area contributed by atoms with E-state index in [1.807, 2.05) is 4.90 Å². The number of likely N-dealkylation sites (tertiary alicyclic amines) is 1. The van der Waals surface area contributed by atoms with Gasteiger partial charge in [-0.3, -0.25) is 14.5 Å². The van der Waals surface area contributed by atoms with Gasteiger partial charge >= 0.3 is 5.97 Å². The van der Waals surface area contributed by atoms with E-state index < -0.39 is 12.0 Å². The van der Waals surface area contributed by atoms with Crippen molar-refractivity contribution in [3.63, 3.8) is 0 Å². The first kappa shape index (κ1) is 15.7. The molecular weight excluding hydrogens is 244 g/mol. The lowest BCUT2D eigenvalue weighted by molar-refractivity contribution is -0.141. The zero-order valence-electron chi connectivity index (χ0n) is 11.7. The number of rotatable bonds is 6. The highest BCUT2D eigenvalue weighted by molar-refractivity contribution is 5.82. The molecule has 0 aromatic rings. The van der Waals surface area contributed by atoms with Crippen molar-refractivity contribution in [2.75, 3.05) is 26.2 Å². The van der Waals surface area contributed by atoms with Crippen molar-refractivity contribution in [3.8, 4) is 0 Å². The number of carboxylic acid groups (broad SMARTS) is 1. The molecule has 0 aromatic heterocycles. The Bertz CT molecular complexity index is 323. The van der Waals surface area contributed by atoms with Crippen LogP contribution in [0.4, 0.5) is 0 Å². The van der Waals surface area contributed by atoms with Crippen molar-refractivity contribution in [3.05, 3.63) is 12.7 Å². The summed E-state index contributed by atoms with van der Waals surface area (Å²) in [6, 6.07) is -0.410. The summed E-state index contributed by atoms with van der Waals surface area (Å²) in [5, 5.41) is 8.90. The third-order valence-corrected chi connectivity index (χ3v) is 3.52. The molecule has 1 aliphatic rings. The Balaban J connectivity index is 2.64. The maximum Gasteiger partial charge on any atom is 0.317 e. The third-order valence-electron chi connectivity index (χ3n) is 3.52. The Labute approximate surface area is 114 Å². The van der Waals surface area contributed by atoms with Gasteiger partial charge in [-0.25, -0.2) is 0 Å². The molecule has 1 aliphatic heterocycles. The summed E-state index contributed by atoms with van der Waals surface area (Å²) in [5.74, 6) is -0.887. The van der Waals surface area contributed by atoms with Crippen LogP contribution in [0.1, 0.15) is 32.6 Å². The van der Waals surface area contributed by atoms with Crippen molar-refractivity contribution >= 4 is 11.9 Å². The first-order valence-corrected chi connectivity index (χ1v) is 6.91. The van der Waals surface area contributed by atoms with E-state index in [2.05, 4.69) is 6.58 Å². The largest absolute Gasteiger partial charge is 0.480 e. The predicted octanol–water partition coefficient (Wildman–Crippen LogP) is 1.35. The number of aliphatic carboxylic acids is 1. The Morgan fingerprint density at radius 2 is 1.89 bits per heavy atom. The van der Waals surface area contributed by atoms with Gasteiger partial charge in [0.2, 0.25) is 5.91 Å². The van der Waals surface area contributed by atoms with E-state index in [4.69, 9.17) is 5.11 Å². The van der Waals surface area contributed by atoms with Crippen molar-refractivity contribution in [1.82, 2.24) is 9.80 Å². The van der Waals surface area contributed by atoms with Crippen LogP contribution < -0.4 is 0 Å². The molecule has 0 bridgehead atoms. The number of amides is 1. The summed E-state index contributed by atoms with van der Waals surface area (Å²) in [6.45, 7) is 7.25. The highest BCUT2D eigenvalue weighted by Crippen LogP contribution is 2.12. The molecule has 1 heterocycles. The number of hydrogen-bond acceptors (Lipinski definition) is 3. The number of carbonyl (C=O) groups is 2. The Morgan fingerprint density at radius 1 is 1.32 bits per heavy atom. The monoisotopic (exact) mass is 268 g/mol. The highest BCUT2D eigenvalue weighted by Gasteiger charge is 2.26. The van der Waals surface area contributed by atoms with Crippen LogP contribution in [0.25, 0.3) is 0 Å². The molecule has 1 rings (SSSR count). The Kier molecular flexibility index (Phi) is 6.56. The standard InChI is InChI=1S/C14H24N2O3/c1-3-8-16(11-13(17)18)12(2)14(19)15-9-6-4-5-7-10-15/h3,12H,1,4-11H2,2H3,(H,17,18). The van der Waals surface area contributed by atoms with E-state index in [9.17, 15) is 9.59 Å². The Hall–Kier alpha value is -1.36. The average Bonchev–Trinajstić information content (AvgIpc) is 2.64. The van der Waals surface area contributed by atoms with Crippen LogP contribution in [0.5, 0.6) is 0 Å². The molecule has 1 fully saturated rings. The average molecular weight is 268 g/mol. The molecule has 1 amide bonds. The number of carboxylic acids is 1. The molecule has 1 saturated heterocycles. The molecule has 5 heteroatoms. The molecule has 108 valence electrons. The molecule has 0 aromatic carbocycles. The van der Waals surface area contributed by atoms with Crippen LogP contribution in [0, 0.1) is 0 Å². The molecule has 5 nitrogen and oxygen atoms in total. The zero-order chi connectivity index (χ0) is 14.3. The van der Waals surface area contributed by atoms with Crippen LogP contribution in [-0.2, 0) is 9.59 Å². The van der Waals surface area contributed by atoms with Gasteiger partial charge in [0.25, 0.3) is 0 Å². The van der Waals surface area contributed by atoms with E-state index in [1.54, 1.807) is 17.9 Å². The smallest absolute Gasteiger partial charge is 0.317 e. The van der Waals surface area contributed by atoms with Crippen molar-refractivity contribution in [2.45, 2.75) is 38.6 Å². The fourth-order valence-electron chi connectivity index (χ4n) is 2.41. The summed E-state index contributed by atoms with van der Waals surface area (Å²) in [5.41, 5.74) is 0. The van der Waals surface area contributed by atoms with Crippen LogP contribution in [-0.4, -0.2) is 59.0 Å². The lowest BCUT2D eigenvalue weighted by atomic mass is 10.2. The van der Waals surface area contributed by atoms with E-state index in [0.717, 1.165) is 25.9 Å². The first-order valence-electron chi connectivity index (χ1n) is 6.91. The molecule has 0 saturated carbocycles. The van der Waals surface area contributed by atoms with Crippen LogP contribution in [0.2, 0.25) is 0 Å². The first-order chi connectivity index (χ1) is 9.06. The van der Waals surface area contributed by atoms with Gasteiger partial charge in [-0.2, -0.15) is 0 Å². The second kappa shape index (κ2) is 7.94. The number of nitrogens with zero attached hydrogens (tertiary/aromatic N) is 2. The summed E-state index contributed by atoms with van der Waals surface area (Å²) in [4.78, 5) is 26.8. The molecular formula is C14H24N2O3. The fourth-order valence-corrected chi connectivity index (χ4v) is 2.41. The Morgan fingerprint density at radius 3 is 2.37 bits per heavy atom. The maximum absolute atomic E-state index is 12.4. The van der Waals surface area contributed by atoms with Gasteiger partial charge in [-0.15, -0.1) is 6.58 Å². The van der Waals surface area contributed by atoms with Crippen LogP contribution >= 0.6 is 0 Å². The second-order valence-electron chi connectivity index (χ2n) is 5.03. The minimum absolute atomic E-state index is 0.0324. The SMILES string of the molecule is C=CCN(CC(=O)O)C(C)C(=O)N1CCCCCC1. The number of carbonyl (C=O) groups excluding carboxylic acids is 1. The van der Waals surface area contributed by atoms with E-state index >= 15 is 0 Å². The lowest BCUT2D eigenvalue weighted by Gasteiger charge is -2.30. The fraction of sp³-hybridized carbons (Fsp3) is 0.714. The van der Waals surface area contributed by atoms with Gasteiger partial charge in [0.15, 0.2) is 0 Å². The summed E-state index contributed by atoms with van der Waals surface area (Å²) in [7, 11) is 0. The van der Waals surface area contributed by atoms with E-state index in [0.29, 0.717) is 6.54 Å². The van der Waals surface area contributed by atoms with Gasteiger partial charge < -0.3 is 10.0 Å². The second-order valence-corrected chi connectivity index (χ2v) is 5.03. The molecule has 0 aliphatic carbocycles. The van der Waals surface area contributed by atoms with Crippen molar-refractivity contribution < 1.29 is 14.7 Å². The molecule has 1 unspecified atom stereocenters. The molecule has 0 radical (unpaired) electrons. The summed E-state index contributed by atoms with van der Waals surface area (Å²) in [6.07, 6.45) is 6.06. The van der Waals surface area contributed by atoms with Crippen LogP contribution in [0.15, 0.2) is 12.7 Å². The molecule has 0 spiro atoms. The molecule has 1 N–H and O–H groups in total. The minimum Gasteiger partial charge on any atom is -0.480 e. The van der Waals surface area contributed by atoms with Crippen molar-refractivity contribution in [2.24, 2.45) is 0 Å². The summed E-state index contributed by atoms with van der Waals surface area (Å²) >= 11 is 0. The zero-order valence-corrected chi connectivity index (χ0v) is 11.7. The van der Waals surface area contributed by atoms with Crippen LogP contribution in [0.3, 0.4) is 0 Å². The molecule has 1 atom stereocenters.